The lowest BCUT2D eigenvalue weighted by Gasteiger charge is -2.11. The minimum atomic E-state index is -0.295. The fraction of sp³-hybridized carbons (Fsp3) is 0.500. The van der Waals surface area contributed by atoms with Gasteiger partial charge in [-0.05, 0) is 60.6 Å². The lowest BCUT2D eigenvalue weighted by molar-refractivity contribution is -0.118. The number of nitrogens with one attached hydrogen (secondary N) is 1. The number of amides is 1. The Morgan fingerprint density at radius 2 is 2.15 bits per heavy atom. The minimum absolute atomic E-state index is 0.0480. The van der Waals surface area contributed by atoms with Gasteiger partial charge in [0.05, 0.1) is 18.1 Å². The first-order chi connectivity index (χ1) is 13.1. The summed E-state index contributed by atoms with van der Waals surface area (Å²) in [6.45, 7) is 1.47. The number of aromatic nitrogens is 1. The van der Waals surface area contributed by atoms with Crippen LogP contribution in [0.3, 0.4) is 0 Å². The van der Waals surface area contributed by atoms with Crippen molar-refractivity contribution in [3.8, 4) is 6.07 Å². The molecular weight excluding hydrogens is 338 g/mol. The van der Waals surface area contributed by atoms with Gasteiger partial charge in [0.15, 0.2) is 0 Å². The summed E-state index contributed by atoms with van der Waals surface area (Å²) in [7, 11) is 0. The van der Waals surface area contributed by atoms with Crippen molar-refractivity contribution in [1.29, 1.82) is 5.26 Å². The molecule has 1 amide bonds. The molecule has 3 aliphatic carbocycles. The van der Waals surface area contributed by atoms with Crippen LogP contribution in [0, 0.1) is 28.1 Å². The van der Waals surface area contributed by atoms with Gasteiger partial charge in [0.2, 0.25) is 5.91 Å². The third kappa shape index (κ3) is 2.08. The molecule has 136 valence electrons. The molecule has 1 saturated heterocycles. The van der Waals surface area contributed by atoms with Crippen molar-refractivity contribution < 1.29 is 9.53 Å². The zero-order valence-corrected chi connectivity index (χ0v) is 15.1. The van der Waals surface area contributed by atoms with E-state index in [0.717, 1.165) is 42.2 Å². The van der Waals surface area contributed by atoms with Crippen LogP contribution in [0.1, 0.15) is 37.7 Å². The van der Waals surface area contributed by atoms with Gasteiger partial charge in [0.1, 0.15) is 5.82 Å². The Kier molecular flexibility index (Phi) is 2.82. The van der Waals surface area contributed by atoms with Crippen LogP contribution >= 0.6 is 0 Å². The molecule has 1 aromatic heterocycles. The highest BCUT2D eigenvalue weighted by atomic mass is 16.5. The number of ether oxygens (including phenoxy) is 1. The molecule has 2 aromatic rings. The maximum atomic E-state index is 12.6. The predicted octanol–water partition coefficient (Wildman–Crippen LogP) is 3.55. The topological polar surface area (TPSA) is 75.0 Å². The molecule has 0 radical (unpaired) electrons. The summed E-state index contributed by atoms with van der Waals surface area (Å²) in [4.78, 5) is 17.0. The van der Waals surface area contributed by atoms with E-state index >= 15 is 0 Å². The summed E-state index contributed by atoms with van der Waals surface area (Å²) in [6.07, 6.45) is 7.03. The lowest BCUT2D eigenvalue weighted by atomic mass is 9.92. The van der Waals surface area contributed by atoms with Crippen LogP contribution < -0.4 is 5.32 Å². The largest absolute Gasteiger partial charge is 0.381 e. The number of hydrogen-bond donors (Lipinski definition) is 1. The Bertz CT molecular complexity index is 1030. The summed E-state index contributed by atoms with van der Waals surface area (Å²) in [5, 5.41) is 14.8. The Labute approximate surface area is 157 Å². The fourth-order valence-electron chi connectivity index (χ4n) is 5.31. The maximum absolute atomic E-state index is 12.6. The molecule has 4 aliphatic rings. The molecule has 0 bridgehead atoms. The van der Waals surface area contributed by atoms with Gasteiger partial charge in [-0.25, -0.2) is 4.98 Å². The van der Waals surface area contributed by atoms with E-state index in [1.807, 2.05) is 12.1 Å². The zero-order valence-electron chi connectivity index (χ0n) is 15.1. The molecule has 5 heteroatoms. The molecular formula is C22H21N3O2. The molecule has 0 unspecified atom stereocenters. The third-order valence-corrected chi connectivity index (χ3v) is 7.53. The number of anilines is 1. The SMILES string of the molecule is N#C[C@]1(c2ccc3cnc(NC(=O)[C@@H]4C[C@@]45CCOC5)cc3c2)CC12CC2. The van der Waals surface area contributed by atoms with Crippen molar-refractivity contribution in [3.05, 3.63) is 36.0 Å². The van der Waals surface area contributed by atoms with Crippen LogP contribution in [0.25, 0.3) is 10.8 Å². The van der Waals surface area contributed by atoms with Gasteiger partial charge in [0, 0.05) is 29.5 Å². The summed E-state index contributed by atoms with van der Waals surface area (Å²) in [5.41, 5.74) is 1.15. The van der Waals surface area contributed by atoms with E-state index in [1.165, 1.54) is 12.8 Å². The quantitative estimate of drug-likeness (QED) is 0.909. The predicted molar refractivity (Wildman–Crippen MR) is 99.9 cm³/mol. The summed E-state index contributed by atoms with van der Waals surface area (Å²) in [5.74, 6) is 0.691. The Morgan fingerprint density at radius 1 is 1.26 bits per heavy atom. The first-order valence-corrected chi connectivity index (χ1v) is 9.80. The average Bonchev–Trinajstić information content (AvgIpc) is 3.61. The van der Waals surface area contributed by atoms with Crippen LogP contribution in [0.5, 0.6) is 0 Å². The Balaban J connectivity index is 1.27. The number of carbonyl (C=O) groups excluding carboxylic acids is 1. The number of benzene rings is 1. The average molecular weight is 359 g/mol. The molecule has 1 aliphatic heterocycles. The molecule has 5 nitrogen and oxygen atoms in total. The van der Waals surface area contributed by atoms with Crippen molar-refractivity contribution >= 4 is 22.5 Å². The van der Waals surface area contributed by atoms with Gasteiger partial charge in [0.25, 0.3) is 0 Å². The number of nitrogens with zero attached hydrogens (tertiary/aromatic N) is 2. The number of carbonyl (C=O) groups is 1. The van der Waals surface area contributed by atoms with Gasteiger partial charge in [-0.3, -0.25) is 4.79 Å². The van der Waals surface area contributed by atoms with E-state index in [0.29, 0.717) is 12.4 Å². The van der Waals surface area contributed by atoms with Gasteiger partial charge in [-0.2, -0.15) is 5.26 Å². The smallest absolute Gasteiger partial charge is 0.229 e. The van der Waals surface area contributed by atoms with E-state index in [-0.39, 0.29) is 28.1 Å². The summed E-state index contributed by atoms with van der Waals surface area (Å²) in [6, 6.07) is 10.8. The van der Waals surface area contributed by atoms with E-state index in [2.05, 4.69) is 28.5 Å². The van der Waals surface area contributed by atoms with Gasteiger partial charge in [-0.1, -0.05) is 12.1 Å². The zero-order chi connectivity index (χ0) is 18.3. The number of rotatable bonds is 3. The standard InChI is InChI=1S/C22H21N3O2/c23-12-22(11-21(22)3-4-21)16-2-1-14-10-24-18(8-15(14)7-16)25-19(26)17-9-20(17)5-6-27-13-20/h1-2,7-8,10,17H,3-6,9,11,13H2,(H,24,25,26)/t17-,20+,22-/m0/s1. The summed E-state index contributed by atoms with van der Waals surface area (Å²) >= 11 is 0. The highest BCUT2D eigenvalue weighted by Crippen LogP contribution is 2.78. The van der Waals surface area contributed by atoms with Gasteiger partial charge in [-0.15, -0.1) is 0 Å². The van der Waals surface area contributed by atoms with Crippen LogP contribution in [-0.2, 0) is 14.9 Å². The number of pyridine rings is 1. The minimum Gasteiger partial charge on any atom is -0.381 e. The number of hydrogen-bond acceptors (Lipinski definition) is 4. The highest BCUT2D eigenvalue weighted by Gasteiger charge is 2.75. The number of nitriles is 1. The second-order valence-corrected chi connectivity index (χ2v) is 9.02. The van der Waals surface area contributed by atoms with Crippen LogP contribution in [0.4, 0.5) is 5.82 Å². The molecule has 27 heavy (non-hydrogen) atoms. The van der Waals surface area contributed by atoms with Crippen molar-refractivity contribution in [2.24, 2.45) is 16.7 Å². The lowest BCUT2D eigenvalue weighted by Crippen LogP contribution is -2.19. The first kappa shape index (κ1) is 15.6. The summed E-state index contributed by atoms with van der Waals surface area (Å²) < 4.78 is 5.47. The van der Waals surface area contributed by atoms with E-state index in [9.17, 15) is 10.1 Å². The molecule has 1 N–H and O–H groups in total. The normalized spacial score (nSPS) is 34.6. The van der Waals surface area contributed by atoms with Crippen LogP contribution in [0.2, 0.25) is 0 Å². The van der Waals surface area contributed by atoms with Crippen LogP contribution in [0.15, 0.2) is 30.5 Å². The third-order valence-electron chi connectivity index (χ3n) is 7.53. The second kappa shape index (κ2) is 4.88. The first-order valence-electron chi connectivity index (χ1n) is 9.80. The monoisotopic (exact) mass is 359 g/mol. The van der Waals surface area contributed by atoms with Crippen molar-refractivity contribution in [3.63, 3.8) is 0 Å². The Morgan fingerprint density at radius 3 is 2.85 bits per heavy atom. The van der Waals surface area contributed by atoms with Crippen molar-refractivity contribution in [1.82, 2.24) is 4.98 Å². The molecule has 6 rings (SSSR count). The van der Waals surface area contributed by atoms with E-state index in [1.54, 1.807) is 6.20 Å². The fourth-order valence-corrected chi connectivity index (χ4v) is 5.31. The van der Waals surface area contributed by atoms with Crippen molar-refractivity contribution in [2.75, 3.05) is 18.5 Å². The van der Waals surface area contributed by atoms with E-state index in [4.69, 9.17) is 4.74 Å². The van der Waals surface area contributed by atoms with Crippen LogP contribution in [-0.4, -0.2) is 24.1 Å². The van der Waals surface area contributed by atoms with Crippen molar-refractivity contribution in [2.45, 2.75) is 37.5 Å². The molecule has 3 atom stereocenters. The van der Waals surface area contributed by atoms with Gasteiger partial charge < -0.3 is 10.1 Å². The van der Waals surface area contributed by atoms with E-state index < -0.39 is 0 Å². The maximum Gasteiger partial charge on any atom is 0.229 e. The molecule has 2 heterocycles. The second-order valence-electron chi connectivity index (χ2n) is 9.02. The molecule has 3 saturated carbocycles. The highest BCUT2D eigenvalue weighted by molar-refractivity contribution is 5.96. The molecule has 2 spiro atoms. The van der Waals surface area contributed by atoms with Gasteiger partial charge >= 0.3 is 0 Å². The number of fused-ring (bicyclic) bond motifs is 1. The molecule has 4 fully saturated rings. The molecule has 1 aromatic carbocycles. The Hall–Kier alpha value is -2.45.